The summed E-state index contributed by atoms with van der Waals surface area (Å²) in [5.41, 5.74) is 0.266. The van der Waals surface area contributed by atoms with E-state index in [2.05, 4.69) is 9.97 Å². The SMILES string of the molecule is COCC(=O)N1CCC[C@@]2(CCN(c3cncnc3)C2=O)C1. The lowest BCUT2D eigenvalue weighted by atomic mass is 9.78. The van der Waals surface area contributed by atoms with Gasteiger partial charge >= 0.3 is 0 Å². The number of rotatable bonds is 3. The molecule has 7 heteroatoms. The van der Waals surface area contributed by atoms with Crippen LogP contribution in [0.25, 0.3) is 0 Å². The molecule has 3 heterocycles. The smallest absolute Gasteiger partial charge is 0.248 e. The van der Waals surface area contributed by atoms with E-state index in [9.17, 15) is 9.59 Å². The molecule has 0 bridgehead atoms. The van der Waals surface area contributed by atoms with Gasteiger partial charge < -0.3 is 14.5 Å². The number of amides is 2. The fourth-order valence-electron chi connectivity index (χ4n) is 3.44. The Morgan fingerprint density at radius 3 is 2.82 bits per heavy atom. The van der Waals surface area contributed by atoms with Gasteiger partial charge in [-0.1, -0.05) is 0 Å². The standard InChI is InChI=1S/C15H20N4O3/c1-22-9-13(20)18-5-2-3-15(10-18)4-6-19(14(15)21)12-7-16-11-17-8-12/h7-8,11H,2-6,9-10H2,1H3/t15-/m1/s1. The van der Waals surface area contributed by atoms with E-state index in [1.54, 1.807) is 22.2 Å². The highest BCUT2D eigenvalue weighted by Crippen LogP contribution is 2.41. The maximum absolute atomic E-state index is 12.9. The molecule has 2 amide bonds. The quantitative estimate of drug-likeness (QED) is 0.811. The molecule has 0 N–H and O–H groups in total. The van der Waals surface area contributed by atoms with Gasteiger partial charge in [-0.3, -0.25) is 9.59 Å². The van der Waals surface area contributed by atoms with Gasteiger partial charge in [-0.25, -0.2) is 9.97 Å². The van der Waals surface area contributed by atoms with Crippen LogP contribution in [0.3, 0.4) is 0 Å². The van der Waals surface area contributed by atoms with E-state index in [0.717, 1.165) is 24.9 Å². The predicted molar refractivity (Wildman–Crippen MR) is 79.1 cm³/mol. The van der Waals surface area contributed by atoms with Crippen molar-refractivity contribution in [2.45, 2.75) is 19.3 Å². The van der Waals surface area contributed by atoms with Gasteiger partial charge in [0, 0.05) is 26.7 Å². The third kappa shape index (κ3) is 2.56. The van der Waals surface area contributed by atoms with Crippen LogP contribution in [0.4, 0.5) is 5.69 Å². The Balaban J connectivity index is 1.77. The number of aromatic nitrogens is 2. The van der Waals surface area contributed by atoms with Crippen molar-refractivity contribution in [3.05, 3.63) is 18.7 Å². The van der Waals surface area contributed by atoms with Gasteiger partial charge in [0.25, 0.3) is 0 Å². The number of ether oxygens (including phenoxy) is 1. The topological polar surface area (TPSA) is 75.6 Å². The molecule has 0 aromatic carbocycles. The van der Waals surface area contributed by atoms with Crippen LogP contribution < -0.4 is 4.90 Å². The molecule has 2 aliphatic heterocycles. The maximum atomic E-state index is 12.9. The fraction of sp³-hybridized carbons (Fsp3) is 0.600. The highest BCUT2D eigenvalue weighted by molar-refractivity contribution is 6.00. The molecule has 118 valence electrons. The number of nitrogens with zero attached hydrogens (tertiary/aromatic N) is 4. The minimum Gasteiger partial charge on any atom is -0.375 e. The number of hydrogen-bond acceptors (Lipinski definition) is 5. The lowest BCUT2D eigenvalue weighted by molar-refractivity contribution is -0.141. The Morgan fingerprint density at radius 2 is 2.09 bits per heavy atom. The predicted octanol–water partition coefficient (Wildman–Crippen LogP) is 0.468. The highest BCUT2D eigenvalue weighted by Gasteiger charge is 2.50. The van der Waals surface area contributed by atoms with Crippen molar-refractivity contribution in [1.82, 2.24) is 14.9 Å². The molecule has 7 nitrogen and oxygen atoms in total. The molecular formula is C15H20N4O3. The Bertz CT molecular complexity index is 565. The van der Waals surface area contributed by atoms with E-state index >= 15 is 0 Å². The molecule has 0 aliphatic carbocycles. The first-order valence-electron chi connectivity index (χ1n) is 7.50. The Morgan fingerprint density at radius 1 is 1.32 bits per heavy atom. The van der Waals surface area contributed by atoms with E-state index in [1.807, 2.05) is 0 Å². The van der Waals surface area contributed by atoms with Crippen LogP contribution in [0, 0.1) is 5.41 Å². The third-order valence-electron chi connectivity index (χ3n) is 4.57. The van der Waals surface area contributed by atoms with Gasteiger partial charge in [0.2, 0.25) is 11.8 Å². The second-order valence-electron chi connectivity index (χ2n) is 5.94. The molecule has 1 aromatic heterocycles. The number of piperidine rings is 1. The van der Waals surface area contributed by atoms with Crippen molar-refractivity contribution < 1.29 is 14.3 Å². The highest BCUT2D eigenvalue weighted by atomic mass is 16.5. The zero-order valence-corrected chi connectivity index (χ0v) is 12.7. The van der Waals surface area contributed by atoms with Crippen LogP contribution in [-0.4, -0.2) is 60.0 Å². The van der Waals surface area contributed by atoms with E-state index in [-0.39, 0.29) is 18.4 Å². The van der Waals surface area contributed by atoms with Gasteiger partial charge in [-0.05, 0) is 19.3 Å². The van der Waals surface area contributed by atoms with Gasteiger partial charge in [-0.15, -0.1) is 0 Å². The minimum absolute atomic E-state index is 0.0455. The van der Waals surface area contributed by atoms with Gasteiger partial charge in [0.05, 0.1) is 23.5 Å². The van der Waals surface area contributed by atoms with Crippen LogP contribution in [0.15, 0.2) is 18.7 Å². The van der Waals surface area contributed by atoms with Crippen molar-refractivity contribution in [3.63, 3.8) is 0 Å². The average Bonchev–Trinajstić information content (AvgIpc) is 2.85. The Kier molecular flexibility index (Phi) is 4.06. The van der Waals surface area contributed by atoms with Gasteiger partial charge in [0.15, 0.2) is 0 Å². The summed E-state index contributed by atoms with van der Waals surface area (Å²) in [6.07, 6.45) is 7.19. The zero-order chi connectivity index (χ0) is 15.6. The molecule has 2 aliphatic rings. The molecule has 0 unspecified atom stereocenters. The molecule has 3 rings (SSSR count). The van der Waals surface area contributed by atoms with Crippen LogP contribution >= 0.6 is 0 Å². The van der Waals surface area contributed by atoms with E-state index in [0.29, 0.717) is 19.6 Å². The van der Waals surface area contributed by atoms with Crippen molar-refractivity contribution in [1.29, 1.82) is 0 Å². The molecule has 0 saturated carbocycles. The third-order valence-corrected chi connectivity index (χ3v) is 4.57. The number of anilines is 1. The number of hydrogen-bond donors (Lipinski definition) is 0. The summed E-state index contributed by atoms with van der Waals surface area (Å²) >= 11 is 0. The summed E-state index contributed by atoms with van der Waals surface area (Å²) < 4.78 is 4.92. The number of methoxy groups -OCH3 is 1. The molecule has 1 atom stereocenters. The second kappa shape index (κ2) is 6.00. The first-order valence-corrected chi connectivity index (χ1v) is 7.50. The Labute approximate surface area is 129 Å². The number of carbonyl (C=O) groups excluding carboxylic acids is 2. The van der Waals surface area contributed by atoms with Crippen LogP contribution in [0.2, 0.25) is 0 Å². The summed E-state index contributed by atoms with van der Waals surface area (Å²) in [6, 6.07) is 0. The molecule has 2 fully saturated rings. The van der Waals surface area contributed by atoms with E-state index < -0.39 is 5.41 Å². The monoisotopic (exact) mass is 304 g/mol. The minimum atomic E-state index is -0.461. The molecule has 22 heavy (non-hydrogen) atoms. The summed E-state index contributed by atoms with van der Waals surface area (Å²) in [5, 5.41) is 0. The van der Waals surface area contributed by atoms with Gasteiger partial charge in [0.1, 0.15) is 12.9 Å². The van der Waals surface area contributed by atoms with Gasteiger partial charge in [-0.2, -0.15) is 0 Å². The first kappa shape index (κ1) is 14.9. The lowest BCUT2D eigenvalue weighted by Crippen LogP contribution is -2.50. The largest absolute Gasteiger partial charge is 0.375 e. The summed E-state index contributed by atoms with van der Waals surface area (Å²) in [7, 11) is 1.51. The summed E-state index contributed by atoms with van der Waals surface area (Å²) in [4.78, 5) is 36.4. The fourth-order valence-corrected chi connectivity index (χ4v) is 3.44. The van der Waals surface area contributed by atoms with Crippen molar-refractivity contribution >= 4 is 17.5 Å². The molecule has 0 radical (unpaired) electrons. The maximum Gasteiger partial charge on any atom is 0.248 e. The van der Waals surface area contributed by atoms with Crippen molar-refractivity contribution in [2.24, 2.45) is 5.41 Å². The lowest BCUT2D eigenvalue weighted by Gasteiger charge is -2.38. The molecule has 1 aromatic rings. The average molecular weight is 304 g/mol. The molecule has 2 saturated heterocycles. The van der Waals surface area contributed by atoms with Crippen LogP contribution in [0.5, 0.6) is 0 Å². The first-order chi connectivity index (χ1) is 10.7. The van der Waals surface area contributed by atoms with Crippen molar-refractivity contribution in [3.8, 4) is 0 Å². The van der Waals surface area contributed by atoms with E-state index in [1.165, 1.54) is 13.4 Å². The molecule has 1 spiro atoms. The Hall–Kier alpha value is -2.02. The van der Waals surface area contributed by atoms with Crippen molar-refractivity contribution in [2.75, 3.05) is 38.3 Å². The summed E-state index contributed by atoms with van der Waals surface area (Å²) in [6.45, 7) is 1.91. The zero-order valence-electron chi connectivity index (χ0n) is 12.7. The number of carbonyl (C=O) groups is 2. The summed E-state index contributed by atoms with van der Waals surface area (Å²) in [5.74, 6) is 0.0353. The molecular weight excluding hydrogens is 284 g/mol. The van der Waals surface area contributed by atoms with E-state index in [4.69, 9.17) is 4.74 Å². The number of likely N-dealkylation sites (tertiary alicyclic amines) is 1. The second-order valence-corrected chi connectivity index (χ2v) is 5.94. The van der Waals surface area contributed by atoms with Crippen LogP contribution in [0.1, 0.15) is 19.3 Å². The normalized spacial score (nSPS) is 25.0. The van der Waals surface area contributed by atoms with Crippen LogP contribution in [-0.2, 0) is 14.3 Å².